The summed E-state index contributed by atoms with van der Waals surface area (Å²) < 4.78 is 0. The van der Waals surface area contributed by atoms with Crippen molar-refractivity contribution in [3.8, 4) is 0 Å². The maximum absolute atomic E-state index is 13.5. The molecule has 4 amide bonds. The zero-order chi connectivity index (χ0) is 32.7. The number of aliphatic carboxylic acids is 2. The second-order valence-corrected chi connectivity index (χ2v) is 11.2. The second-order valence-electron chi connectivity index (χ2n) is 11.2. The number of rotatable bonds is 19. The van der Waals surface area contributed by atoms with Crippen LogP contribution >= 0.6 is 0 Å². The van der Waals surface area contributed by atoms with Crippen LogP contribution in [0.1, 0.15) is 72.6 Å². The summed E-state index contributed by atoms with van der Waals surface area (Å²) in [6, 6.07) is -5.43. The van der Waals surface area contributed by atoms with Crippen LogP contribution in [0.2, 0.25) is 0 Å². The predicted molar refractivity (Wildman–Crippen MR) is 157 cm³/mol. The van der Waals surface area contributed by atoms with Crippen LogP contribution in [0, 0.1) is 11.8 Å². The lowest BCUT2D eigenvalue weighted by atomic mass is 9.96. The number of nitrogens with zero attached hydrogens (tertiary/aromatic N) is 1. The zero-order valence-electron chi connectivity index (χ0n) is 25.4. The highest BCUT2D eigenvalue weighted by molar-refractivity contribution is 5.96. The summed E-state index contributed by atoms with van der Waals surface area (Å²) in [5.74, 6) is -5.96. The largest absolute Gasteiger partial charge is 0.481 e. The van der Waals surface area contributed by atoms with E-state index in [1.807, 2.05) is 27.7 Å². The summed E-state index contributed by atoms with van der Waals surface area (Å²) in [6.07, 6.45) is 1.60. The summed E-state index contributed by atoms with van der Waals surface area (Å²) in [7, 11) is 0. The molecule has 244 valence electrons. The summed E-state index contributed by atoms with van der Waals surface area (Å²) in [5, 5.41) is 31.7. The maximum Gasteiger partial charge on any atom is 0.326 e. The number of nitrogens with two attached hydrogens (primary N) is 2. The number of aliphatic imine (C=N–C) groups is 1. The Balaban J connectivity index is 3.15. The van der Waals surface area contributed by atoms with Crippen LogP contribution < -0.4 is 38.1 Å². The van der Waals surface area contributed by atoms with Crippen molar-refractivity contribution in [1.29, 1.82) is 0 Å². The lowest BCUT2D eigenvalue weighted by molar-refractivity contribution is -0.147. The quantitative estimate of drug-likeness (QED) is 0.0454. The topological polar surface area (TPSA) is 267 Å². The van der Waals surface area contributed by atoms with Crippen LogP contribution in [0.15, 0.2) is 4.99 Å². The molecule has 1 aliphatic rings. The van der Waals surface area contributed by atoms with E-state index in [4.69, 9.17) is 16.6 Å². The van der Waals surface area contributed by atoms with Crippen LogP contribution in [-0.2, 0) is 28.8 Å². The molecule has 1 rings (SSSR count). The van der Waals surface area contributed by atoms with Crippen LogP contribution in [0.3, 0.4) is 0 Å². The van der Waals surface area contributed by atoms with Gasteiger partial charge >= 0.3 is 11.9 Å². The number of hydrogen-bond acceptors (Lipinski definition) is 8. The van der Waals surface area contributed by atoms with Crippen molar-refractivity contribution in [3.63, 3.8) is 0 Å². The molecular formula is C27H48N8O8. The number of nitrogens with one attached hydrogen (secondary N) is 5. The molecule has 0 aromatic heterocycles. The lowest BCUT2D eigenvalue weighted by Gasteiger charge is -2.29. The SMILES string of the molecule is CC[C@H](C)[C@H](NC(=O)[C@@H]1CCCN1)C(=O)N[C@@H](CC(C)C)C(=O)N[C@@H](CCCN=C(N)N)C(=O)N[C@@H](CC(=O)O)C(=O)O. The van der Waals surface area contributed by atoms with Gasteiger partial charge in [0.25, 0.3) is 0 Å². The van der Waals surface area contributed by atoms with E-state index < -0.39 is 66.3 Å². The highest BCUT2D eigenvalue weighted by atomic mass is 16.4. The van der Waals surface area contributed by atoms with Gasteiger partial charge in [-0.05, 0) is 50.5 Å². The smallest absolute Gasteiger partial charge is 0.326 e. The standard InChI is InChI=1S/C27H48N8O8/c1-5-15(4)21(35-22(38)16-8-6-10-30-16)25(41)33-18(12-14(2)3)24(40)32-17(9-7-11-31-27(28)29)23(39)34-19(26(42)43)13-20(36)37/h14-19,21,30H,5-13H2,1-4H3,(H,32,40)(H,33,41)(H,34,39)(H,35,38)(H,36,37)(H,42,43)(H4,28,29,31)/t15-,16-,17-,18-,19-,21-/m0/s1. The fraction of sp³-hybridized carbons (Fsp3) is 0.741. The molecule has 0 aromatic carbocycles. The monoisotopic (exact) mass is 612 g/mol. The third-order valence-corrected chi connectivity index (χ3v) is 7.08. The molecule has 0 unspecified atom stereocenters. The molecule has 16 nitrogen and oxygen atoms in total. The molecule has 1 saturated heterocycles. The van der Waals surface area contributed by atoms with Gasteiger partial charge in [-0.25, -0.2) is 4.79 Å². The van der Waals surface area contributed by atoms with E-state index in [1.54, 1.807) is 0 Å². The number of guanidine groups is 1. The normalized spacial score (nSPS) is 17.9. The Hall–Kier alpha value is -3.95. The summed E-state index contributed by atoms with van der Waals surface area (Å²) >= 11 is 0. The molecular weight excluding hydrogens is 564 g/mol. The van der Waals surface area contributed by atoms with Crippen molar-refractivity contribution in [1.82, 2.24) is 26.6 Å². The van der Waals surface area contributed by atoms with Gasteiger partial charge in [-0.2, -0.15) is 0 Å². The van der Waals surface area contributed by atoms with Gasteiger partial charge in [-0.3, -0.25) is 29.0 Å². The molecule has 11 N–H and O–H groups in total. The fourth-order valence-electron chi connectivity index (χ4n) is 4.52. The minimum Gasteiger partial charge on any atom is -0.481 e. The molecule has 43 heavy (non-hydrogen) atoms. The lowest BCUT2D eigenvalue weighted by Crippen LogP contribution is -2.59. The molecule has 16 heteroatoms. The first-order valence-electron chi connectivity index (χ1n) is 14.6. The minimum atomic E-state index is -1.73. The van der Waals surface area contributed by atoms with Gasteiger partial charge in [-0.15, -0.1) is 0 Å². The molecule has 0 bridgehead atoms. The molecule has 1 aliphatic heterocycles. The molecule has 0 radical (unpaired) electrons. The Morgan fingerprint density at radius 3 is 2.02 bits per heavy atom. The van der Waals surface area contributed by atoms with Gasteiger partial charge in [0.05, 0.1) is 12.5 Å². The molecule has 0 saturated carbocycles. The molecule has 6 atom stereocenters. The molecule has 1 fully saturated rings. The summed E-state index contributed by atoms with van der Waals surface area (Å²) in [4.78, 5) is 79.2. The van der Waals surface area contributed by atoms with Crippen molar-refractivity contribution >= 4 is 41.5 Å². The first-order valence-corrected chi connectivity index (χ1v) is 14.6. The van der Waals surface area contributed by atoms with Gasteiger partial charge in [0.2, 0.25) is 23.6 Å². The molecule has 1 heterocycles. The van der Waals surface area contributed by atoms with E-state index in [9.17, 15) is 33.9 Å². The number of carbonyl (C=O) groups is 6. The highest BCUT2D eigenvalue weighted by Gasteiger charge is 2.34. The highest BCUT2D eigenvalue weighted by Crippen LogP contribution is 2.13. The predicted octanol–water partition coefficient (Wildman–Crippen LogP) is -1.62. The average Bonchev–Trinajstić information content (AvgIpc) is 3.46. The van der Waals surface area contributed by atoms with Crippen LogP contribution in [0.4, 0.5) is 0 Å². The number of hydrogen-bond donors (Lipinski definition) is 9. The van der Waals surface area contributed by atoms with Gasteiger partial charge in [0.15, 0.2) is 5.96 Å². The summed E-state index contributed by atoms with van der Waals surface area (Å²) in [5.41, 5.74) is 10.7. The van der Waals surface area contributed by atoms with E-state index in [1.165, 1.54) is 0 Å². The van der Waals surface area contributed by atoms with Crippen molar-refractivity contribution in [3.05, 3.63) is 0 Å². The van der Waals surface area contributed by atoms with Crippen molar-refractivity contribution in [2.45, 2.75) is 103 Å². The number of carboxylic acids is 2. The molecule has 0 spiro atoms. The maximum atomic E-state index is 13.5. The fourth-order valence-corrected chi connectivity index (χ4v) is 4.52. The molecule has 0 aliphatic carbocycles. The van der Waals surface area contributed by atoms with E-state index in [2.05, 4.69) is 31.6 Å². The Labute approximate surface area is 251 Å². The Morgan fingerprint density at radius 2 is 1.51 bits per heavy atom. The Morgan fingerprint density at radius 1 is 0.907 bits per heavy atom. The van der Waals surface area contributed by atoms with E-state index in [0.29, 0.717) is 19.4 Å². The first-order chi connectivity index (χ1) is 20.2. The van der Waals surface area contributed by atoms with E-state index in [-0.39, 0.29) is 49.5 Å². The Kier molecular flexibility index (Phi) is 16.0. The van der Waals surface area contributed by atoms with Crippen molar-refractivity contribution in [2.24, 2.45) is 28.3 Å². The molecule has 0 aromatic rings. The summed E-state index contributed by atoms with van der Waals surface area (Å²) in [6.45, 7) is 8.20. The van der Waals surface area contributed by atoms with Gasteiger partial charge < -0.3 is 48.3 Å². The minimum absolute atomic E-state index is 0.0178. The number of carbonyl (C=O) groups excluding carboxylic acids is 4. The van der Waals surface area contributed by atoms with Crippen LogP contribution in [0.25, 0.3) is 0 Å². The Bertz CT molecular complexity index is 1010. The second kappa shape index (κ2) is 18.6. The number of amides is 4. The van der Waals surface area contributed by atoms with Gasteiger partial charge in [-0.1, -0.05) is 34.1 Å². The van der Waals surface area contributed by atoms with E-state index >= 15 is 0 Å². The third-order valence-electron chi connectivity index (χ3n) is 7.08. The van der Waals surface area contributed by atoms with Crippen LogP contribution in [0.5, 0.6) is 0 Å². The number of carboxylic acid groups (broad SMARTS) is 2. The van der Waals surface area contributed by atoms with Gasteiger partial charge in [0.1, 0.15) is 24.2 Å². The van der Waals surface area contributed by atoms with Crippen molar-refractivity contribution < 1.29 is 39.0 Å². The average molecular weight is 613 g/mol. The van der Waals surface area contributed by atoms with E-state index in [0.717, 1.165) is 6.42 Å². The first kappa shape index (κ1) is 37.1. The zero-order valence-corrected chi connectivity index (χ0v) is 25.4. The van der Waals surface area contributed by atoms with Gasteiger partial charge in [0, 0.05) is 6.54 Å². The van der Waals surface area contributed by atoms with Crippen molar-refractivity contribution in [2.75, 3.05) is 13.1 Å². The van der Waals surface area contributed by atoms with Crippen LogP contribution in [-0.4, -0.2) is 95.0 Å². The third kappa shape index (κ3) is 13.7.